The van der Waals surface area contributed by atoms with Gasteiger partial charge < -0.3 is 4.74 Å². The van der Waals surface area contributed by atoms with Crippen molar-refractivity contribution in [1.29, 1.82) is 0 Å². The first-order chi connectivity index (χ1) is 23.3. The van der Waals surface area contributed by atoms with Crippen LogP contribution in [-0.4, -0.2) is 23.8 Å². The van der Waals surface area contributed by atoms with E-state index in [-0.39, 0.29) is 0 Å². The summed E-state index contributed by atoms with van der Waals surface area (Å²) in [4.78, 5) is 14.8. The van der Waals surface area contributed by atoms with Crippen LogP contribution in [0.3, 0.4) is 0 Å². The summed E-state index contributed by atoms with van der Waals surface area (Å²) in [5.41, 5.74) is 8.97. The molecule has 0 saturated carbocycles. The number of fused-ring (bicyclic) bond motifs is 12. The molecule has 0 bridgehead atoms. The smallest absolute Gasteiger partial charge is 0.146 e. The number of hydrogen-bond acceptors (Lipinski definition) is 4. The number of ether oxygens (including phenoxy) is 1. The zero-order valence-corrected chi connectivity index (χ0v) is 25.1. The first-order valence-electron chi connectivity index (χ1n) is 15.6. The molecule has 0 fully saturated rings. The monoisotopic (exact) mass is 603 g/mol. The number of pyridine rings is 3. The fourth-order valence-electron chi connectivity index (χ4n) is 6.92. The van der Waals surface area contributed by atoms with Crippen LogP contribution in [0.2, 0.25) is 0 Å². The summed E-state index contributed by atoms with van der Waals surface area (Å²) in [5, 5.41) is 5.34. The zero-order chi connectivity index (χ0) is 30.9. The van der Waals surface area contributed by atoms with E-state index in [9.17, 15) is 0 Å². The molecule has 0 aliphatic rings. The van der Waals surface area contributed by atoms with Crippen molar-refractivity contribution in [2.45, 2.75) is 0 Å². The molecule has 0 amide bonds. The Bertz CT molecular complexity index is 2770. The van der Waals surface area contributed by atoms with E-state index in [4.69, 9.17) is 19.7 Å². The van der Waals surface area contributed by atoms with Gasteiger partial charge in [-0.25, -0.2) is 9.97 Å². The number of rotatable bonds is 4. The summed E-state index contributed by atoms with van der Waals surface area (Å²) in [7, 11) is 0. The maximum absolute atomic E-state index is 6.60. The molecule has 6 nitrogen and oxygen atoms in total. The molecule has 5 aromatic heterocycles. The van der Waals surface area contributed by atoms with Crippen LogP contribution in [0.1, 0.15) is 0 Å². The van der Waals surface area contributed by atoms with Crippen LogP contribution in [-0.2, 0) is 0 Å². The van der Waals surface area contributed by atoms with Gasteiger partial charge >= 0.3 is 0 Å². The predicted octanol–water partition coefficient (Wildman–Crippen LogP) is 10.1. The normalized spacial score (nSPS) is 11.8. The van der Waals surface area contributed by atoms with Crippen molar-refractivity contribution >= 4 is 54.8 Å². The lowest BCUT2D eigenvalue weighted by molar-refractivity contribution is 0.484. The van der Waals surface area contributed by atoms with Crippen molar-refractivity contribution in [1.82, 2.24) is 23.8 Å². The van der Waals surface area contributed by atoms with Gasteiger partial charge in [0.25, 0.3) is 0 Å². The van der Waals surface area contributed by atoms with Gasteiger partial charge in [-0.05, 0) is 60.0 Å². The minimum Gasteiger partial charge on any atom is -0.457 e. The molecule has 6 heteroatoms. The van der Waals surface area contributed by atoms with Crippen LogP contribution in [0.5, 0.6) is 11.5 Å². The topological polar surface area (TPSA) is 56.7 Å². The summed E-state index contributed by atoms with van der Waals surface area (Å²) in [6, 6.07) is 45.7. The quantitative estimate of drug-likeness (QED) is 0.188. The van der Waals surface area contributed by atoms with Crippen LogP contribution in [0.25, 0.3) is 77.3 Å². The van der Waals surface area contributed by atoms with Crippen molar-refractivity contribution in [3.8, 4) is 34.0 Å². The highest BCUT2D eigenvalue weighted by Gasteiger charge is 2.17. The molecule has 220 valence electrons. The molecule has 10 rings (SSSR count). The molecule has 47 heavy (non-hydrogen) atoms. The maximum atomic E-state index is 6.60. The molecule has 0 atom stereocenters. The third-order valence-electron chi connectivity index (χ3n) is 9.04. The van der Waals surface area contributed by atoms with Gasteiger partial charge in [0.05, 0.1) is 34.1 Å². The SMILES string of the molecule is c1ccc(-c2cn3c4cccnc4c4ccc(Oc5ccc6c7ccccc7n7c(-c8ccccc8)cnc7c6c5)cc4c3n2)cc1. The first kappa shape index (κ1) is 25.8. The summed E-state index contributed by atoms with van der Waals surface area (Å²) in [6.07, 6.45) is 5.89. The average molecular weight is 604 g/mol. The molecule has 0 N–H and O–H groups in total. The van der Waals surface area contributed by atoms with Crippen LogP contribution in [0.15, 0.2) is 152 Å². The van der Waals surface area contributed by atoms with Gasteiger partial charge in [0, 0.05) is 45.1 Å². The van der Waals surface area contributed by atoms with E-state index in [2.05, 4.69) is 106 Å². The molecular weight excluding hydrogens is 578 g/mol. The molecule has 5 aromatic carbocycles. The number of hydrogen-bond donors (Lipinski definition) is 0. The molecule has 0 saturated heterocycles. The van der Waals surface area contributed by atoms with E-state index in [0.717, 1.165) is 88.8 Å². The number of para-hydroxylation sites is 1. The highest BCUT2D eigenvalue weighted by Crippen LogP contribution is 2.37. The third-order valence-corrected chi connectivity index (χ3v) is 9.04. The van der Waals surface area contributed by atoms with Gasteiger partial charge in [-0.1, -0.05) is 78.9 Å². The van der Waals surface area contributed by atoms with Crippen LogP contribution in [0, 0.1) is 0 Å². The van der Waals surface area contributed by atoms with E-state index < -0.39 is 0 Å². The van der Waals surface area contributed by atoms with Gasteiger partial charge in [0.2, 0.25) is 0 Å². The molecule has 10 aromatic rings. The Morgan fingerprint density at radius 2 is 1.19 bits per heavy atom. The van der Waals surface area contributed by atoms with Crippen molar-refractivity contribution in [3.05, 3.63) is 152 Å². The Kier molecular flexibility index (Phi) is 5.48. The Balaban J connectivity index is 1.15. The second kappa shape index (κ2) is 9.99. The first-order valence-corrected chi connectivity index (χ1v) is 15.6. The van der Waals surface area contributed by atoms with Crippen LogP contribution < -0.4 is 4.74 Å². The van der Waals surface area contributed by atoms with Crippen molar-refractivity contribution in [3.63, 3.8) is 0 Å². The van der Waals surface area contributed by atoms with E-state index in [1.165, 1.54) is 0 Å². The largest absolute Gasteiger partial charge is 0.457 e. The Morgan fingerprint density at radius 1 is 0.511 bits per heavy atom. The fourth-order valence-corrected chi connectivity index (χ4v) is 6.92. The van der Waals surface area contributed by atoms with Crippen molar-refractivity contribution in [2.24, 2.45) is 0 Å². The highest BCUT2D eigenvalue weighted by atomic mass is 16.5. The lowest BCUT2D eigenvalue weighted by Crippen LogP contribution is -1.95. The molecule has 5 heterocycles. The summed E-state index contributed by atoms with van der Waals surface area (Å²) in [6.45, 7) is 0. The zero-order valence-electron chi connectivity index (χ0n) is 25.1. The summed E-state index contributed by atoms with van der Waals surface area (Å²) < 4.78 is 11.0. The number of aromatic nitrogens is 5. The maximum Gasteiger partial charge on any atom is 0.146 e. The molecular formula is C41H25N5O. The number of benzene rings is 5. The van der Waals surface area contributed by atoms with Gasteiger partial charge in [-0.15, -0.1) is 0 Å². The highest BCUT2D eigenvalue weighted by molar-refractivity contribution is 6.13. The van der Waals surface area contributed by atoms with Gasteiger partial charge in [0.1, 0.15) is 22.8 Å². The lowest BCUT2D eigenvalue weighted by atomic mass is 10.0. The Labute approximate surface area is 268 Å². The van der Waals surface area contributed by atoms with Crippen LogP contribution in [0.4, 0.5) is 0 Å². The molecule has 0 spiro atoms. The molecule has 0 aliphatic carbocycles. The average Bonchev–Trinajstić information content (AvgIpc) is 3.79. The third kappa shape index (κ3) is 3.95. The second-order valence-electron chi connectivity index (χ2n) is 11.8. The van der Waals surface area contributed by atoms with Gasteiger partial charge in [-0.2, -0.15) is 0 Å². The number of imidazole rings is 2. The standard InChI is InChI=1S/C41H25N5O/c1-3-10-26(11-4-1)35-25-45-37-16-9-21-42-39(37)32-20-18-29(23-34(32)41(45)44-35)47-28-17-19-30-31-14-7-8-15-36(31)46-38(27-12-5-2-6-13-27)24-43-40(46)33(30)22-28/h1-25H. The lowest BCUT2D eigenvalue weighted by Gasteiger charge is -2.13. The van der Waals surface area contributed by atoms with Crippen molar-refractivity contribution in [2.75, 3.05) is 0 Å². The minimum atomic E-state index is 0.725. The van der Waals surface area contributed by atoms with E-state index in [0.29, 0.717) is 0 Å². The predicted molar refractivity (Wildman–Crippen MR) is 189 cm³/mol. The minimum absolute atomic E-state index is 0.725. The Hall–Kier alpha value is -6.53. The van der Waals surface area contributed by atoms with Crippen LogP contribution >= 0.6 is 0 Å². The van der Waals surface area contributed by atoms with Gasteiger partial charge in [-0.3, -0.25) is 13.8 Å². The summed E-state index contributed by atoms with van der Waals surface area (Å²) >= 11 is 0. The molecule has 0 aliphatic heterocycles. The fraction of sp³-hybridized carbons (Fsp3) is 0. The van der Waals surface area contributed by atoms with Gasteiger partial charge in [0.15, 0.2) is 0 Å². The number of nitrogens with zero attached hydrogens (tertiary/aromatic N) is 5. The summed E-state index contributed by atoms with van der Waals surface area (Å²) in [5.74, 6) is 1.46. The van der Waals surface area contributed by atoms with E-state index in [1.807, 2.05) is 54.9 Å². The van der Waals surface area contributed by atoms with E-state index in [1.54, 1.807) is 0 Å². The Morgan fingerprint density at radius 3 is 2.00 bits per heavy atom. The second-order valence-corrected chi connectivity index (χ2v) is 11.8. The van der Waals surface area contributed by atoms with Crippen molar-refractivity contribution < 1.29 is 4.74 Å². The van der Waals surface area contributed by atoms with E-state index >= 15 is 0 Å². The molecule has 0 unspecified atom stereocenters. The molecule has 0 radical (unpaired) electrons.